The molecule has 40 heavy (non-hydrogen) atoms. The van der Waals surface area contributed by atoms with E-state index in [4.69, 9.17) is 0 Å². The number of thiazole rings is 1. The Morgan fingerprint density at radius 3 is 2.80 bits per heavy atom. The predicted molar refractivity (Wildman–Crippen MR) is 144 cm³/mol. The molecule has 1 fully saturated rings. The maximum atomic E-state index is 13.1. The number of thiophene rings is 1. The average molecular weight is 615 g/mol. The van der Waals surface area contributed by atoms with Gasteiger partial charge in [0.25, 0.3) is 10.0 Å². The van der Waals surface area contributed by atoms with Gasteiger partial charge in [-0.25, -0.2) is 18.2 Å². The summed E-state index contributed by atoms with van der Waals surface area (Å²) in [4.78, 5) is 27.1. The minimum absolute atomic E-state index is 0.0482. The van der Waals surface area contributed by atoms with Crippen LogP contribution >= 0.6 is 22.7 Å². The van der Waals surface area contributed by atoms with Crippen molar-refractivity contribution in [1.29, 1.82) is 0 Å². The smallest absolute Gasteiger partial charge is 0.392 e. The number of aliphatic hydroxyl groups excluding tert-OH is 1. The minimum Gasteiger partial charge on any atom is -0.392 e. The number of aliphatic hydroxyl groups is 1. The van der Waals surface area contributed by atoms with Gasteiger partial charge in [0, 0.05) is 41.6 Å². The molecule has 0 radical (unpaired) electrons. The quantitative estimate of drug-likeness (QED) is 0.266. The molecule has 3 aromatic heterocycles. The van der Waals surface area contributed by atoms with Crippen LogP contribution in [0.3, 0.4) is 0 Å². The van der Waals surface area contributed by atoms with Crippen molar-refractivity contribution >= 4 is 49.6 Å². The second kappa shape index (κ2) is 11.2. The third-order valence-electron chi connectivity index (χ3n) is 6.42. The molecule has 1 aromatic carbocycles. The van der Waals surface area contributed by atoms with Crippen LogP contribution in [-0.2, 0) is 32.6 Å². The molecule has 4 heterocycles. The summed E-state index contributed by atoms with van der Waals surface area (Å²) in [5, 5.41) is 12.8. The van der Waals surface area contributed by atoms with Gasteiger partial charge in [-0.3, -0.25) is 4.90 Å². The van der Waals surface area contributed by atoms with Crippen molar-refractivity contribution in [2.75, 3.05) is 13.1 Å². The number of aromatic amines is 1. The molecule has 1 saturated heterocycles. The number of benzene rings is 1. The first-order chi connectivity index (χ1) is 18.9. The van der Waals surface area contributed by atoms with Gasteiger partial charge >= 0.3 is 12.1 Å². The Bertz CT molecular complexity index is 1600. The first-order valence-corrected chi connectivity index (χ1v) is 15.4. The fraction of sp³-hybridized carbons (Fsp3) is 0.360. The van der Waals surface area contributed by atoms with Crippen LogP contribution < -0.4 is 0 Å². The topological polar surface area (TPSA) is 116 Å². The number of hydrogen-bond acceptors (Lipinski definition) is 9. The number of H-pyrrole nitrogens is 1. The van der Waals surface area contributed by atoms with E-state index < -0.39 is 28.2 Å². The third kappa shape index (κ3) is 6.09. The highest BCUT2D eigenvalue weighted by atomic mass is 32.2. The highest BCUT2D eigenvalue weighted by Gasteiger charge is 2.46. The lowest BCUT2D eigenvalue weighted by Gasteiger charge is -2.26. The number of carbonyl (C=O) groups excluding carboxylic acids is 1. The van der Waals surface area contributed by atoms with E-state index in [-0.39, 0.29) is 21.2 Å². The number of nitrogens with zero attached hydrogens (tertiary/aromatic N) is 3. The fourth-order valence-corrected chi connectivity index (χ4v) is 7.98. The Kier molecular flexibility index (Phi) is 8.05. The van der Waals surface area contributed by atoms with Gasteiger partial charge in [0.1, 0.15) is 9.22 Å². The van der Waals surface area contributed by atoms with Gasteiger partial charge in [-0.05, 0) is 47.3 Å². The summed E-state index contributed by atoms with van der Waals surface area (Å²) in [6.07, 6.45) is -3.20. The molecule has 2 N–H and O–H groups in total. The molecular weight excluding hydrogens is 589 g/mol. The zero-order chi connectivity index (χ0) is 28.7. The largest absolute Gasteiger partial charge is 0.492 e. The van der Waals surface area contributed by atoms with E-state index in [1.165, 1.54) is 35.8 Å². The van der Waals surface area contributed by atoms with Crippen LogP contribution in [0.25, 0.3) is 21.6 Å². The number of likely N-dealkylation sites (tertiary alicyclic amines) is 1. The number of alkyl halides is 3. The summed E-state index contributed by atoms with van der Waals surface area (Å²) in [7, 11) is -4.56. The van der Waals surface area contributed by atoms with Gasteiger partial charge < -0.3 is 14.9 Å². The molecule has 0 spiro atoms. The van der Waals surface area contributed by atoms with Crippen molar-refractivity contribution < 1.29 is 36.3 Å². The molecule has 1 aliphatic heterocycles. The van der Waals surface area contributed by atoms with E-state index in [1.54, 1.807) is 18.3 Å². The Morgan fingerprint density at radius 2 is 2.12 bits per heavy atom. The maximum absolute atomic E-state index is 13.1. The number of hydroxylamine groups is 1. The first-order valence-electron chi connectivity index (χ1n) is 12.2. The monoisotopic (exact) mass is 614 g/mol. The van der Waals surface area contributed by atoms with Crippen molar-refractivity contribution in [3.05, 3.63) is 58.4 Å². The molecular formula is C25H25F3N4O5S3. The Hall–Kier alpha value is -2.82. The summed E-state index contributed by atoms with van der Waals surface area (Å²) < 4.78 is 65.2. The van der Waals surface area contributed by atoms with E-state index in [2.05, 4.69) is 19.7 Å². The number of nitrogens with one attached hydrogen (secondary N) is 1. The number of para-hydroxylation sites is 1. The van der Waals surface area contributed by atoms with E-state index in [0.717, 1.165) is 45.3 Å². The molecule has 15 heteroatoms. The lowest BCUT2D eigenvalue weighted by molar-refractivity contribution is -0.226. The average Bonchev–Trinajstić information content (AvgIpc) is 3.69. The predicted octanol–water partition coefficient (Wildman–Crippen LogP) is 4.56. The standard InChI is InChI=1S/C25H25F3N4O5S3/c1-15(32(37-24(34)25(26,27)28)40(35,36)21-6-3-9-38-21)10-16-4-2-5-17-11-20(30-22(16)17)23-29-12-19(39-23)14-31-8-7-18(33)13-31/h2-6,9,11-12,15,18,30,33H,7-8,10,13-14H2,1H3. The van der Waals surface area contributed by atoms with Crippen LogP contribution in [0.4, 0.5) is 13.2 Å². The zero-order valence-electron chi connectivity index (χ0n) is 21.1. The Morgan fingerprint density at radius 1 is 1.32 bits per heavy atom. The van der Waals surface area contributed by atoms with Gasteiger partial charge in [-0.15, -0.1) is 22.7 Å². The van der Waals surface area contributed by atoms with Crippen molar-refractivity contribution in [2.24, 2.45) is 0 Å². The van der Waals surface area contributed by atoms with E-state index in [9.17, 15) is 31.5 Å². The van der Waals surface area contributed by atoms with Crippen molar-refractivity contribution in [1.82, 2.24) is 19.3 Å². The van der Waals surface area contributed by atoms with Crippen molar-refractivity contribution in [3.63, 3.8) is 0 Å². The minimum atomic E-state index is -5.38. The van der Waals surface area contributed by atoms with Crippen LogP contribution in [-0.4, -0.2) is 70.2 Å². The lowest BCUT2D eigenvalue weighted by atomic mass is 10.1. The molecule has 0 bridgehead atoms. The number of fused-ring (bicyclic) bond motifs is 1. The number of aromatic nitrogens is 2. The molecule has 2 atom stereocenters. The fourth-order valence-electron chi connectivity index (χ4n) is 4.59. The SMILES string of the molecule is CC(Cc1cccc2cc(-c3ncc(CN4CCC(O)C4)s3)[nH]c12)N(OC(=O)C(F)(F)F)S(=O)(=O)c1cccs1. The zero-order valence-corrected chi connectivity index (χ0v) is 23.5. The number of carbonyl (C=O) groups is 1. The van der Waals surface area contributed by atoms with Crippen LogP contribution in [0.15, 0.2) is 52.2 Å². The molecule has 0 aliphatic carbocycles. The van der Waals surface area contributed by atoms with Crippen molar-refractivity contribution in [2.45, 2.75) is 48.8 Å². The summed E-state index contributed by atoms with van der Waals surface area (Å²) in [5.41, 5.74) is 2.02. The summed E-state index contributed by atoms with van der Waals surface area (Å²) in [5.74, 6) is -2.62. The molecule has 214 valence electrons. The molecule has 5 rings (SSSR count). The lowest BCUT2D eigenvalue weighted by Crippen LogP contribution is -2.44. The molecule has 2 unspecified atom stereocenters. The normalized spacial score (nSPS) is 17.6. The molecule has 1 aliphatic rings. The van der Waals surface area contributed by atoms with Crippen LogP contribution in [0.1, 0.15) is 23.8 Å². The van der Waals surface area contributed by atoms with E-state index in [0.29, 0.717) is 24.2 Å². The first kappa shape index (κ1) is 28.7. The number of β-amino-alcohol motifs (C(OH)–C–C–N with tert-alkyl or cyclic N) is 1. The summed E-state index contributed by atoms with van der Waals surface area (Å²) in [6.45, 7) is 3.50. The van der Waals surface area contributed by atoms with Gasteiger partial charge in [0.05, 0.1) is 17.8 Å². The second-order valence-electron chi connectivity index (χ2n) is 9.50. The van der Waals surface area contributed by atoms with Gasteiger partial charge in [0.15, 0.2) is 0 Å². The highest BCUT2D eigenvalue weighted by molar-refractivity contribution is 7.91. The molecule has 0 amide bonds. The van der Waals surface area contributed by atoms with Crippen LogP contribution in [0, 0.1) is 0 Å². The Balaban J connectivity index is 1.40. The molecule has 0 saturated carbocycles. The van der Waals surface area contributed by atoms with Gasteiger partial charge in [-0.1, -0.05) is 24.3 Å². The third-order valence-corrected chi connectivity index (χ3v) is 10.6. The Labute approximate surface area is 235 Å². The second-order valence-corrected chi connectivity index (χ2v) is 13.6. The summed E-state index contributed by atoms with van der Waals surface area (Å²) in [6, 6.07) is 8.74. The number of halogens is 3. The van der Waals surface area contributed by atoms with Gasteiger partial charge in [0.2, 0.25) is 0 Å². The van der Waals surface area contributed by atoms with Crippen LogP contribution in [0.5, 0.6) is 0 Å². The van der Waals surface area contributed by atoms with Gasteiger partial charge in [-0.2, -0.15) is 13.2 Å². The van der Waals surface area contributed by atoms with E-state index >= 15 is 0 Å². The van der Waals surface area contributed by atoms with Crippen LogP contribution in [0.2, 0.25) is 0 Å². The number of sulfonamides is 1. The van der Waals surface area contributed by atoms with Crippen molar-refractivity contribution in [3.8, 4) is 10.7 Å². The summed E-state index contributed by atoms with van der Waals surface area (Å²) >= 11 is 2.31. The molecule has 4 aromatic rings. The number of hydrogen-bond donors (Lipinski definition) is 2. The van der Waals surface area contributed by atoms with E-state index in [1.807, 2.05) is 12.1 Å². The highest BCUT2D eigenvalue weighted by Crippen LogP contribution is 2.32. The molecule has 9 nitrogen and oxygen atoms in total. The number of rotatable bonds is 9. The maximum Gasteiger partial charge on any atom is 0.492 e.